The number of amides is 1. The predicted octanol–water partition coefficient (Wildman–Crippen LogP) is 3.28. The summed E-state index contributed by atoms with van der Waals surface area (Å²) >= 11 is 0. The maximum absolute atomic E-state index is 13.3. The second-order valence-corrected chi connectivity index (χ2v) is 9.28. The molecule has 5 rings (SSSR count). The van der Waals surface area contributed by atoms with E-state index in [0.717, 1.165) is 48.6 Å². The lowest BCUT2D eigenvalue weighted by Gasteiger charge is -2.41. The minimum absolute atomic E-state index is 0.113. The minimum atomic E-state index is -0.570. The number of hydrogen-bond acceptors (Lipinski definition) is 9. The zero-order valence-electron chi connectivity index (χ0n) is 20.9. The van der Waals surface area contributed by atoms with E-state index >= 15 is 0 Å². The van der Waals surface area contributed by atoms with Crippen molar-refractivity contribution in [2.45, 2.75) is 44.9 Å². The molecule has 1 amide bonds. The van der Waals surface area contributed by atoms with Gasteiger partial charge in [0.25, 0.3) is 5.91 Å². The van der Waals surface area contributed by atoms with Gasteiger partial charge in [0, 0.05) is 54.9 Å². The minimum Gasteiger partial charge on any atom is -0.464 e. The second-order valence-electron chi connectivity index (χ2n) is 9.28. The van der Waals surface area contributed by atoms with Crippen molar-refractivity contribution in [1.29, 1.82) is 0 Å². The number of nitrogens with zero attached hydrogens (tertiary/aromatic N) is 6. The molecule has 10 heteroatoms. The molecule has 2 atom stereocenters. The lowest BCUT2D eigenvalue weighted by molar-refractivity contribution is 0.0509. The SMILES string of the molecule is C=C[C@@H]1C[C@H](N2Cc3cnc(Nc4ccc(C)nc4)nc3C2)CCN1C(=O)c1ccnc(C(=O)OC)c1. The summed E-state index contributed by atoms with van der Waals surface area (Å²) in [5.41, 5.74) is 4.45. The topological polar surface area (TPSA) is 113 Å². The summed E-state index contributed by atoms with van der Waals surface area (Å²) in [4.78, 5) is 46.9. The van der Waals surface area contributed by atoms with Crippen LogP contribution in [-0.4, -0.2) is 67.4 Å². The van der Waals surface area contributed by atoms with Gasteiger partial charge in [-0.3, -0.25) is 14.7 Å². The smallest absolute Gasteiger partial charge is 0.356 e. The third kappa shape index (κ3) is 5.19. The summed E-state index contributed by atoms with van der Waals surface area (Å²) in [7, 11) is 1.29. The lowest BCUT2D eigenvalue weighted by atomic mass is 9.95. The first-order valence-corrected chi connectivity index (χ1v) is 12.2. The number of nitrogens with one attached hydrogen (secondary N) is 1. The first kappa shape index (κ1) is 24.5. The number of anilines is 2. The molecule has 0 spiro atoms. The number of carbonyl (C=O) groups excluding carboxylic acids is 2. The number of fused-ring (bicyclic) bond motifs is 1. The molecule has 3 aromatic rings. The van der Waals surface area contributed by atoms with E-state index in [4.69, 9.17) is 9.72 Å². The van der Waals surface area contributed by atoms with Crippen LogP contribution in [0.2, 0.25) is 0 Å². The van der Waals surface area contributed by atoms with Crippen molar-refractivity contribution in [2.24, 2.45) is 0 Å². The number of methoxy groups -OCH3 is 1. The average Bonchev–Trinajstić information content (AvgIpc) is 3.36. The number of piperidine rings is 1. The van der Waals surface area contributed by atoms with Crippen molar-refractivity contribution in [3.63, 3.8) is 0 Å². The number of aryl methyl sites for hydroxylation is 1. The molecule has 0 radical (unpaired) electrons. The molecule has 1 fully saturated rings. The summed E-state index contributed by atoms with van der Waals surface area (Å²) in [6.45, 7) is 8.03. The molecule has 37 heavy (non-hydrogen) atoms. The number of aromatic nitrogens is 4. The zero-order valence-corrected chi connectivity index (χ0v) is 20.9. The van der Waals surface area contributed by atoms with Gasteiger partial charge in [0.15, 0.2) is 0 Å². The molecule has 1 N–H and O–H groups in total. The van der Waals surface area contributed by atoms with Crippen LogP contribution in [0.3, 0.4) is 0 Å². The Morgan fingerprint density at radius 2 is 2.03 bits per heavy atom. The highest BCUT2D eigenvalue weighted by molar-refractivity contribution is 5.97. The van der Waals surface area contributed by atoms with Crippen LogP contribution in [0.5, 0.6) is 0 Å². The van der Waals surface area contributed by atoms with Crippen LogP contribution in [0.4, 0.5) is 11.6 Å². The van der Waals surface area contributed by atoms with Crippen molar-refractivity contribution in [3.8, 4) is 0 Å². The standard InChI is InChI=1S/C27H29N7O3/c1-4-21-12-22(8-10-34(21)25(35)18-7-9-28-23(11-18)26(36)37-3)33-15-19-13-30-27(32-24(19)16-33)31-20-6-5-17(2)29-14-20/h4-7,9,11,13-14,21-22H,1,8,10,12,15-16H2,2-3H3,(H,30,31,32)/t21-,22-/m1/s1. The van der Waals surface area contributed by atoms with Crippen LogP contribution in [0.1, 0.15) is 50.6 Å². The zero-order chi connectivity index (χ0) is 25.9. The number of pyridine rings is 2. The Morgan fingerprint density at radius 3 is 2.78 bits per heavy atom. The molecule has 1 saturated heterocycles. The Morgan fingerprint density at radius 1 is 1.16 bits per heavy atom. The van der Waals surface area contributed by atoms with Gasteiger partial charge in [0.05, 0.1) is 30.7 Å². The van der Waals surface area contributed by atoms with Crippen molar-refractivity contribution < 1.29 is 14.3 Å². The van der Waals surface area contributed by atoms with E-state index in [-0.39, 0.29) is 23.7 Å². The molecule has 10 nitrogen and oxygen atoms in total. The number of esters is 1. The quantitative estimate of drug-likeness (QED) is 0.403. The molecule has 0 aromatic carbocycles. The molecule has 0 aliphatic carbocycles. The van der Waals surface area contributed by atoms with Gasteiger partial charge in [-0.2, -0.15) is 0 Å². The van der Waals surface area contributed by atoms with E-state index in [9.17, 15) is 9.59 Å². The summed E-state index contributed by atoms with van der Waals surface area (Å²) < 4.78 is 4.73. The first-order valence-electron chi connectivity index (χ1n) is 12.2. The summed E-state index contributed by atoms with van der Waals surface area (Å²) in [6.07, 6.45) is 8.53. The molecule has 3 aromatic heterocycles. The molecule has 2 aliphatic heterocycles. The predicted molar refractivity (Wildman–Crippen MR) is 137 cm³/mol. The van der Waals surface area contributed by atoms with Crippen molar-refractivity contribution >= 4 is 23.5 Å². The Labute approximate surface area is 215 Å². The summed E-state index contributed by atoms with van der Waals surface area (Å²) in [5, 5.41) is 3.23. The van der Waals surface area contributed by atoms with Gasteiger partial charge in [0.1, 0.15) is 5.69 Å². The number of likely N-dealkylation sites (tertiary alicyclic amines) is 1. The highest BCUT2D eigenvalue weighted by atomic mass is 16.5. The van der Waals surface area contributed by atoms with E-state index in [1.165, 1.54) is 19.4 Å². The molecule has 0 saturated carbocycles. The van der Waals surface area contributed by atoms with Crippen molar-refractivity contribution in [2.75, 3.05) is 19.0 Å². The third-order valence-corrected chi connectivity index (χ3v) is 6.92. The monoisotopic (exact) mass is 499 g/mol. The molecule has 0 unspecified atom stereocenters. The maximum Gasteiger partial charge on any atom is 0.356 e. The van der Waals surface area contributed by atoms with Gasteiger partial charge in [0.2, 0.25) is 5.95 Å². The Balaban J connectivity index is 1.24. The van der Waals surface area contributed by atoms with E-state index < -0.39 is 5.97 Å². The lowest BCUT2D eigenvalue weighted by Crippen LogP contribution is -2.50. The van der Waals surface area contributed by atoms with Crippen molar-refractivity contribution in [3.05, 3.63) is 83.7 Å². The fourth-order valence-corrected chi connectivity index (χ4v) is 4.90. The second kappa shape index (κ2) is 10.4. The van der Waals surface area contributed by atoms with Crippen LogP contribution >= 0.6 is 0 Å². The van der Waals surface area contributed by atoms with Crippen LogP contribution in [0.15, 0.2) is 55.5 Å². The normalized spacial score (nSPS) is 19.2. The van der Waals surface area contributed by atoms with E-state index in [2.05, 4.69) is 31.7 Å². The van der Waals surface area contributed by atoms with E-state index in [0.29, 0.717) is 18.1 Å². The van der Waals surface area contributed by atoms with E-state index in [1.807, 2.05) is 36.2 Å². The molecular formula is C27H29N7O3. The van der Waals surface area contributed by atoms with Crippen molar-refractivity contribution in [1.82, 2.24) is 29.7 Å². The Kier molecular flexibility index (Phi) is 6.91. The van der Waals surface area contributed by atoms with Gasteiger partial charge in [-0.25, -0.2) is 19.7 Å². The highest BCUT2D eigenvalue weighted by Gasteiger charge is 2.36. The summed E-state index contributed by atoms with van der Waals surface area (Å²) in [6, 6.07) is 7.16. The van der Waals surface area contributed by atoms with E-state index in [1.54, 1.807) is 12.3 Å². The fraction of sp³-hybridized carbons (Fsp3) is 0.333. The van der Waals surface area contributed by atoms with Gasteiger partial charge < -0.3 is 15.0 Å². The van der Waals surface area contributed by atoms with Crippen LogP contribution in [0, 0.1) is 6.92 Å². The van der Waals surface area contributed by atoms with Gasteiger partial charge in [-0.05, 0) is 44.0 Å². The van der Waals surface area contributed by atoms with Crippen LogP contribution < -0.4 is 5.32 Å². The molecule has 5 heterocycles. The van der Waals surface area contributed by atoms with Gasteiger partial charge >= 0.3 is 5.97 Å². The molecular weight excluding hydrogens is 470 g/mol. The number of rotatable bonds is 6. The summed E-state index contributed by atoms with van der Waals surface area (Å²) in [5.74, 6) is -0.161. The highest BCUT2D eigenvalue weighted by Crippen LogP contribution is 2.31. The molecule has 0 bridgehead atoms. The Bertz CT molecular complexity index is 1330. The fourth-order valence-electron chi connectivity index (χ4n) is 4.90. The molecule has 190 valence electrons. The van der Waals surface area contributed by atoms with Gasteiger partial charge in [-0.15, -0.1) is 6.58 Å². The van der Waals surface area contributed by atoms with Crippen LogP contribution in [0.25, 0.3) is 0 Å². The van der Waals surface area contributed by atoms with Crippen LogP contribution in [-0.2, 0) is 17.8 Å². The largest absolute Gasteiger partial charge is 0.464 e. The number of carbonyl (C=O) groups is 2. The Hall–Kier alpha value is -4.18. The number of hydrogen-bond donors (Lipinski definition) is 1. The first-order chi connectivity index (χ1) is 17.9. The molecule has 2 aliphatic rings. The number of ether oxygens (including phenoxy) is 1. The maximum atomic E-state index is 13.3. The van der Waals surface area contributed by atoms with Gasteiger partial charge in [-0.1, -0.05) is 6.08 Å². The third-order valence-electron chi connectivity index (χ3n) is 6.92. The average molecular weight is 500 g/mol.